The van der Waals surface area contributed by atoms with Crippen LogP contribution in [0.25, 0.3) is 4.96 Å². The summed E-state index contributed by atoms with van der Waals surface area (Å²) in [6.07, 6.45) is -0.573. The third kappa shape index (κ3) is 5.25. The molecule has 4 aromatic heterocycles. The highest BCUT2D eigenvalue weighted by molar-refractivity contribution is 7.16. The molecule has 0 aliphatic carbocycles. The van der Waals surface area contributed by atoms with Gasteiger partial charge in [0.15, 0.2) is 23.3 Å². The van der Waals surface area contributed by atoms with E-state index in [4.69, 9.17) is 26.1 Å². The minimum atomic E-state index is -1.10. The standard InChI is InChI=1S/C27H32ClN9O5S/c1-5-35(27(39)40)25-15(2)21(33(4)32-25)23-22-17(29-26-37(22)31-16(3)43-26)8-9-36(23)20(38)14-42-18-6-7-19(30-24(18)28)34-10-12-41-13-11-34/h6-7,23H,5,8-14H2,1-4H3,(H,39,40). The maximum Gasteiger partial charge on any atom is 0.413 e. The van der Waals surface area contributed by atoms with E-state index in [0.717, 1.165) is 40.3 Å². The Balaban J connectivity index is 1.33. The number of rotatable bonds is 7. The van der Waals surface area contributed by atoms with Gasteiger partial charge in [0.2, 0.25) is 4.96 Å². The van der Waals surface area contributed by atoms with Gasteiger partial charge in [0.25, 0.3) is 5.91 Å². The van der Waals surface area contributed by atoms with Crippen LogP contribution in [-0.4, -0.2) is 97.4 Å². The van der Waals surface area contributed by atoms with Crippen molar-refractivity contribution in [2.45, 2.75) is 33.2 Å². The highest BCUT2D eigenvalue weighted by atomic mass is 35.5. The Labute approximate surface area is 256 Å². The number of imidazole rings is 1. The van der Waals surface area contributed by atoms with E-state index in [1.54, 1.807) is 34.1 Å². The Morgan fingerprint density at radius 2 is 1.93 bits per heavy atom. The molecule has 6 heterocycles. The normalized spacial score (nSPS) is 16.9. The fourth-order valence-corrected chi connectivity index (χ4v) is 6.73. The zero-order chi connectivity index (χ0) is 30.4. The van der Waals surface area contributed by atoms with E-state index in [-0.39, 0.29) is 24.2 Å². The summed E-state index contributed by atoms with van der Waals surface area (Å²) in [6.45, 7) is 8.49. The minimum absolute atomic E-state index is 0.171. The number of carbonyl (C=O) groups is 2. The summed E-state index contributed by atoms with van der Waals surface area (Å²) in [4.78, 5) is 40.9. The Hall–Kier alpha value is -3.95. The fourth-order valence-electron chi connectivity index (χ4n) is 5.76. The van der Waals surface area contributed by atoms with Crippen LogP contribution in [0.15, 0.2) is 12.1 Å². The van der Waals surface area contributed by atoms with Crippen LogP contribution in [0.5, 0.6) is 5.75 Å². The molecule has 2 aliphatic rings. The van der Waals surface area contributed by atoms with E-state index in [1.807, 2.05) is 19.9 Å². The second-order valence-electron chi connectivity index (χ2n) is 10.3. The summed E-state index contributed by atoms with van der Waals surface area (Å²) in [5.41, 5.74) is 2.92. The molecular formula is C27H32ClN9O5S. The Bertz CT molecular complexity index is 1700. The fraction of sp³-hybridized carbons (Fsp3) is 0.481. The maximum absolute atomic E-state index is 13.9. The van der Waals surface area contributed by atoms with E-state index in [0.29, 0.717) is 49.0 Å². The molecule has 1 saturated heterocycles. The number of amides is 2. The molecule has 43 heavy (non-hydrogen) atoms. The first kappa shape index (κ1) is 29.1. The molecule has 0 radical (unpaired) electrons. The molecule has 16 heteroatoms. The molecule has 4 aromatic rings. The van der Waals surface area contributed by atoms with Crippen LogP contribution in [0.3, 0.4) is 0 Å². The van der Waals surface area contributed by atoms with Gasteiger partial charge in [-0.3, -0.25) is 14.4 Å². The average molecular weight is 630 g/mol. The number of hydrogen-bond donors (Lipinski definition) is 1. The van der Waals surface area contributed by atoms with Crippen LogP contribution in [0.2, 0.25) is 5.15 Å². The molecule has 0 saturated carbocycles. The first-order valence-electron chi connectivity index (χ1n) is 14.0. The maximum atomic E-state index is 13.9. The van der Waals surface area contributed by atoms with Crippen molar-refractivity contribution in [2.75, 3.05) is 55.8 Å². The SMILES string of the molecule is CCN(C(=O)O)c1nn(C)c(C2c3c(nc4sc(C)nn34)CCN2C(=O)COc2ccc(N3CCOCC3)nc2Cl)c1C. The molecule has 0 spiro atoms. The number of halogens is 1. The third-order valence-corrected chi connectivity index (χ3v) is 8.85. The molecule has 1 atom stereocenters. The lowest BCUT2D eigenvalue weighted by molar-refractivity contribution is -0.135. The monoisotopic (exact) mass is 629 g/mol. The zero-order valence-electron chi connectivity index (χ0n) is 24.3. The van der Waals surface area contributed by atoms with E-state index >= 15 is 0 Å². The van der Waals surface area contributed by atoms with Crippen LogP contribution < -0.4 is 14.5 Å². The van der Waals surface area contributed by atoms with E-state index < -0.39 is 12.1 Å². The lowest BCUT2D eigenvalue weighted by atomic mass is 9.97. The molecule has 0 aromatic carbocycles. The number of hydrogen-bond acceptors (Lipinski definition) is 10. The number of anilines is 2. The van der Waals surface area contributed by atoms with Crippen LogP contribution >= 0.6 is 22.9 Å². The molecule has 2 amide bonds. The van der Waals surface area contributed by atoms with Crippen molar-refractivity contribution in [3.05, 3.63) is 44.9 Å². The van der Waals surface area contributed by atoms with Crippen LogP contribution in [0, 0.1) is 13.8 Å². The Kier molecular flexibility index (Phi) is 7.87. The number of morpholine rings is 1. The summed E-state index contributed by atoms with van der Waals surface area (Å²) in [5, 5.41) is 20.1. The van der Waals surface area contributed by atoms with Gasteiger partial charge in [-0.05, 0) is 32.9 Å². The molecule has 2 aliphatic heterocycles. The average Bonchev–Trinajstić information content (AvgIpc) is 3.61. The van der Waals surface area contributed by atoms with Crippen LogP contribution in [-0.2, 0) is 23.0 Å². The third-order valence-electron chi connectivity index (χ3n) is 7.76. The number of aryl methyl sites for hydroxylation is 2. The molecule has 1 N–H and O–H groups in total. The summed E-state index contributed by atoms with van der Waals surface area (Å²) >= 11 is 7.94. The van der Waals surface area contributed by atoms with Crippen LogP contribution in [0.4, 0.5) is 16.4 Å². The van der Waals surface area contributed by atoms with Gasteiger partial charge in [-0.1, -0.05) is 22.9 Å². The molecule has 14 nitrogen and oxygen atoms in total. The second kappa shape index (κ2) is 11.6. The summed E-state index contributed by atoms with van der Waals surface area (Å²) in [7, 11) is 1.75. The van der Waals surface area contributed by atoms with Gasteiger partial charge < -0.3 is 24.4 Å². The molecule has 228 valence electrons. The summed E-state index contributed by atoms with van der Waals surface area (Å²) in [6, 6.07) is 2.91. The van der Waals surface area contributed by atoms with Gasteiger partial charge >= 0.3 is 6.09 Å². The van der Waals surface area contributed by atoms with Crippen molar-refractivity contribution in [1.29, 1.82) is 0 Å². The van der Waals surface area contributed by atoms with E-state index in [2.05, 4.69) is 20.1 Å². The minimum Gasteiger partial charge on any atom is -0.481 e. The van der Waals surface area contributed by atoms with Gasteiger partial charge in [-0.2, -0.15) is 10.2 Å². The van der Waals surface area contributed by atoms with Crippen molar-refractivity contribution in [3.63, 3.8) is 0 Å². The number of aromatic nitrogens is 6. The summed E-state index contributed by atoms with van der Waals surface area (Å²) < 4.78 is 14.8. The predicted octanol–water partition coefficient (Wildman–Crippen LogP) is 3.08. The number of carbonyl (C=O) groups excluding carboxylic acids is 1. The first-order chi connectivity index (χ1) is 20.7. The van der Waals surface area contributed by atoms with Gasteiger partial charge in [-0.25, -0.2) is 19.3 Å². The molecule has 6 rings (SSSR count). The largest absolute Gasteiger partial charge is 0.481 e. The molecule has 1 fully saturated rings. The van der Waals surface area contributed by atoms with Gasteiger partial charge in [0.1, 0.15) is 16.9 Å². The van der Waals surface area contributed by atoms with Crippen molar-refractivity contribution in [3.8, 4) is 5.75 Å². The van der Waals surface area contributed by atoms with E-state index in [1.165, 1.54) is 16.2 Å². The number of fused-ring (bicyclic) bond motifs is 3. The number of nitrogens with zero attached hydrogens (tertiary/aromatic N) is 9. The van der Waals surface area contributed by atoms with Crippen molar-refractivity contribution < 1.29 is 24.2 Å². The first-order valence-corrected chi connectivity index (χ1v) is 15.2. The molecular weight excluding hydrogens is 598 g/mol. The second-order valence-corrected chi connectivity index (χ2v) is 11.8. The van der Waals surface area contributed by atoms with Gasteiger partial charge in [0, 0.05) is 45.2 Å². The van der Waals surface area contributed by atoms with Crippen molar-refractivity contribution in [1.82, 2.24) is 34.3 Å². The highest BCUT2D eigenvalue weighted by Gasteiger charge is 2.40. The molecule has 1 unspecified atom stereocenters. The molecule has 0 bridgehead atoms. The van der Waals surface area contributed by atoms with Crippen molar-refractivity contribution >= 4 is 51.5 Å². The quantitative estimate of drug-likeness (QED) is 0.303. The smallest absolute Gasteiger partial charge is 0.413 e. The Morgan fingerprint density at radius 3 is 2.63 bits per heavy atom. The number of pyridine rings is 1. The highest BCUT2D eigenvalue weighted by Crippen LogP contribution is 2.40. The predicted molar refractivity (Wildman–Crippen MR) is 160 cm³/mol. The summed E-state index contributed by atoms with van der Waals surface area (Å²) in [5.74, 6) is 1.07. The topological polar surface area (TPSA) is 143 Å². The Morgan fingerprint density at radius 1 is 1.16 bits per heavy atom. The van der Waals surface area contributed by atoms with E-state index in [9.17, 15) is 14.7 Å². The van der Waals surface area contributed by atoms with Gasteiger partial charge in [-0.15, -0.1) is 0 Å². The zero-order valence-corrected chi connectivity index (χ0v) is 25.9. The van der Waals surface area contributed by atoms with Crippen LogP contribution in [0.1, 0.15) is 40.6 Å². The van der Waals surface area contributed by atoms with Crippen molar-refractivity contribution in [2.24, 2.45) is 7.05 Å². The lowest BCUT2D eigenvalue weighted by Crippen LogP contribution is -2.44. The lowest BCUT2D eigenvalue weighted by Gasteiger charge is -2.35. The number of ether oxygens (including phenoxy) is 2. The van der Waals surface area contributed by atoms with Gasteiger partial charge in [0.05, 0.1) is 30.3 Å². The number of carboxylic acid groups (broad SMARTS) is 1.